The second-order valence-electron chi connectivity index (χ2n) is 19.7. The number of nitrogens with one attached hydrogen (secondary N) is 3. The third kappa shape index (κ3) is 18.5. The van der Waals surface area contributed by atoms with Crippen LogP contribution in [0.15, 0.2) is 74.6 Å². The normalized spacial score (nSPS) is 21.2. The number of anilines is 1. The monoisotopic (exact) mass is 1250 g/mol. The number of phosphoric acid groups is 3. The lowest BCUT2D eigenvalue weighted by Gasteiger charge is -2.37. The van der Waals surface area contributed by atoms with Gasteiger partial charge in [0.05, 0.1) is 24.0 Å². The van der Waals surface area contributed by atoms with E-state index < -0.39 is 82.3 Å². The van der Waals surface area contributed by atoms with Gasteiger partial charge in [-0.25, -0.2) is 23.3 Å². The molecule has 0 radical (unpaired) electrons. The number of carbonyl (C=O) groups excluding carboxylic acids is 1. The maximum absolute atomic E-state index is 13.7. The third-order valence-electron chi connectivity index (χ3n) is 11.7. The summed E-state index contributed by atoms with van der Waals surface area (Å²) >= 11 is 0. The first-order chi connectivity index (χ1) is 37.4. The molecule has 24 nitrogen and oxygen atoms in total. The lowest BCUT2D eigenvalue weighted by molar-refractivity contribution is -0.0543. The quantitative estimate of drug-likeness (QED) is 0.0129. The highest BCUT2D eigenvalue weighted by Crippen LogP contribution is 2.66. The fourth-order valence-corrected chi connectivity index (χ4v) is 15.5. The molecule has 8 N–H and O–H groups in total. The predicted molar refractivity (Wildman–Crippen MR) is 308 cm³/mol. The van der Waals surface area contributed by atoms with E-state index in [0.29, 0.717) is 30.2 Å². The number of aromatic nitrogens is 2. The van der Waals surface area contributed by atoms with E-state index in [1.807, 2.05) is 80.5 Å². The van der Waals surface area contributed by atoms with Crippen LogP contribution < -0.4 is 26.6 Å². The van der Waals surface area contributed by atoms with Crippen molar-refractivity contribution in [1.29, 1.82) is 0 Å². The van der Waals surface area contributed by atoms with Gasteiger partial charge in [0.1, 0.15) is 47.9 Å². The number of aryl methyl sites for hydroxylation is 1. The first-order valence-corrected chi connectivity index (χ1v) is 33.8. The summed E-state index contributed by atoms with van der Waals surface area (Å²) in [5.74, 6) is 4.46. The molecule has 0 spiro atoms. The largest absolute Gasteiger partial charge is 0.490 e. The predicted octanol–water partition coefficient (Wildman–Crippen LogP) is 8.49. The Morgan fingerprint density at radius 2 is 1.69 bits per heavy atom. The fraction of sp³-hybridized carbons (Fsp3) is 0.490. The maximum Gasteiger partial charge on any atom is 0.490 e. The average molecular weight is 1250 g/mol. The number of aliphatic imine (C=N–C) groups is 1. The summed E-state index contributed by atoms with van der Waals surface area (Å²) in [5, 5.41) is 17.0. The van der Waals surface area contributed by atoms with Crippen molar-refractivity contribution in [2.24, 2.45) is 10.9 Å². The molecule has 5 unspecified atom stereocenters. The van der Waals surface area contributed by atoms with Crippen LogP contribution in [0.25, 0.3) is 0 Å². The number of carboxylic acid groups (broad SMARTS) is 1. The summed E-state index contributed by atoms with van der Waals surface area (Å²) in [7, 11) is -11.4. The van der Waals surface area contributed by atoms with Crippen LogP contribution in [-0.2, 0) is 41.1 Å². The zero-order valence-electron chi connectivity index (χ0n) is 45.0. The first-order valence-electron chi connectivity index (χ1n) is 24.6. The number of amides is 1. The van der Waals surface area contributed by atoms with Crippen LogP contribution in [0.3, 0.4) is 0 Å². The minimum Gasteiger partial charge on any atom is -0.478 e. The van der Waals surface area contributed by atoms with Crippen molar-refractivity contribution < 1.29 is 80.1 Å². The molecule has 1 aliphatic carbocycles. The number of rotatable bonds is 25. The van der Waals surface area contributed by atoms with Crippen LogP contribution in [0.1, 0.15) is 117 Å². The Labute approximate surface area is 477 Å². The number of aromatic amines is 1. The molecule has 0 bridgehead atoms. The molecule has 2 aliphatic heterocycles. The summed E-state index contributed by atoms with van der Waals surface area (Å²) in [4.78, 5) is 96.7. The van der Waals surface area contributed by atoms with E-state index in [1.54, 1.807) is 12.1 Å². The number of benzene rings is 2. The van der Waals surface area contributed by atoms with Crippen LogP contribution >= 0.6 is 66.6 Å². The van der Waals surface area contributed by atoms with Gasteiger partial charge in [0.25, 0.3) is 11.5 Å². The van der Waals surface area contributed by atoms with Crippen molar-refractivity contribution in [3.63, 3.8) is 0 Å². The van der Waals surface area contributed by atoms with Crippen LogP contribution in [0, 0.1) is 24.7 Å². The average Bonchev–Trinajstić information content (AvgIpc) is 3.86. The second-order valence-corrected chi connectivity index (χ2v) is 30.2. The molecule has 2 aromatic carbocycles. The fourth-order valence-electron chi connectivity index (χ4n) is 8.38. The number of carboxylic acids is 1. The highest BCUT2D eigenvalue weighted by molar-refractivity contribution is 8.77. The Morgan fingerprint density at radius 3 is 2.36 bits per heavy atom. The van der Waals surface area contributed by atoms with Crippen molar-refractivity contribution in [3.05, 3.63) is 114 Å². The lowest BCUT2D eigenvalue weighted by atomic mass is 9.73. The van der Waals surface area contributed by atoms with Gasteiger partial charge in [0.15, 0.2) is 0 Å². The van der Waals surface area contributed by atoms with Crippen molar-refractivity contribution in [3.8, 4) is 17.6 Å². The lowest BCUT2D eigenvalue weighted by Crippen LogP contribution is -2.36. The number of hydrogen-bond donors (Lipinski definition) is 8. The number of nitrogens with zero attached hydrogens (tertiary/aromatic N) is 2. The SMILES string of the molecule is CCN=C1C=C2Oc3cc(NCC)c(C)cc3C(c3ccc(C(=O)NCC(C)(C)SSCOCC#Cc4cn([C@H]5CC(OCSSC(C)(C)C)[C@@H](COP(=O)(O)OP(=O)(O)OP(=O)(O)O)O5)c(=O)[nH]c4=O)cc3C(=O)O)C2C=C1C. The molecule has 438 valence electrons. The Kier molecular flexibility index (Phi) is 22.5. The summed E-state index contributed by atoms with van der Waals surface area (Å²) in [6.07, 6.45) is 1.73. The maximum atomic E-state index is 13.7. The van der Waals surface area contributed by atoms with E-state index in [0.717, 1.165) is 38.9 Å². The van der Waals surface area contributed by atoms with Crippen LogP contribution in [0.4, 0.5) is 5.69 Å². The van der Waals surface area contributed by atoms with Crippen molar-refractivity contribution >= 4 is 89.9 Å². The van der Waals surface area contributed by atoms with Gasteiger partial charge in [0.2, 0.25) is 0 Å². The molecule has 1 aromatic heterocycles. The number of hydrogen-bond acceptors (Lipinski definition) is 20. The smallest absolute Gasteiger partial charge is 0.478 e. The Balaban J connectivity index is 1.05. The second kappa shape index (κ2) is 27.6. The Morgan fingerprint density at radius 1 is 0.963 bits per heavy atom. The molecule has 3 aliphatic rings. The molecule has 1 amide bonds. The third-order valence-corrected chi connectivity index (χ3v) is 21.5. The molecule has 0 saturated carbocycles. The van der Waals surface area contributed by atoms with E-state index in [4.69, 9.17) is 33.3 Å². The van der Waals surface area contributed by atoms with E-state index in [2.05, 4.69) is 47.1 Å². The molecule has 1 fully saturated rings. The van der Waals surface area contributed by atoms with E-state index in [9.17, 15) is 47.8 Å². The highest BCUT2D eigenvalue weighted by Gasteiger charge is 2.44. The number of aromatic carboxylic acids is 1. The molecular weight excluding hydrogens is 1180 g/mol. The number of phosphoric ester groups is 1. The molecule has 1 saturated heterocycles. The number of ether oxygens (including phenoxy) is 4. The summed E-state index contributed by atoms with van der Waals surface area (Å²) in [6.45, 7) is 18.2. The van der Waals surface area contributed by atoms with Gasteiger partial charge in [-0.3, -0.25) is 28.7 Å². The van der Waals surface area contributed by atoms with Crippen LogP contribution in [0.5, 0.6) is 5.75 Å². The highest BCUT2D eigenvalue weighted by atomic mass is 33.1. The van der Waals surface area contributed by atoms with Crippen LogP contribution in [0.2, 0.25) is 0 Å². The van der Waals surface area contributed by atoms with Crippen molar-refractivity contribution in [1.82, 2.24) is 14.9 Å². The molecule has 6 rings (SSSR count). The van der Waals surface area contributed by atoms with Gasteiger partial charge in [-0.05, 0) is 76.4 Å². The number of carbonyl (C=O) groups is 2. The molecule has 80 heavy (non-hydrogen) atoms. The van der Waals surface area contributed by atoms with Crippen molar-refractivity contribution in [2.45, 2.75) is 103 Å². The van der Waals surface area contributed by atoms with E-state index >= 15 is 0 Å². The number of fused-ring (bicyclic) bond motifs is 2. The first kappa shape index (κ1) is 65.2. The van der Waals surface area contributed by atoms with Gasteiger partial charge in [-0.1, -0.05) is 87.9 Å². The Hall–Kier alpha value is -3.94. The minimum atomic E-state index is -5.80. The number of allylic oxidation sites excluding steroid dienone is 3. The topological polar surface area (TPSA) is 342 Å². The van der Waals surface area contributed by atoms with Gasteiger partial charge in [-0.15, -0.1) is 0 Å². The molecule has 31 heteroatoms. The van der Waals surface area contributed by atoms with E-state index in [1.165, 1.54) is 49.2 Å². The zero-order valence-corrected chi connectivity index (χ0v) is 50.9. The van der Waals surface area contributed by atoms with Gasteiger partial charge in [0, 0.05) is 82.5 Å². The summed E-state index contributed by atoms with van der Waals surface area (Å²) in [5.41, 5.74) is 3.31. The van der Waals surface area contributed by atoms with Gasteiger partial charge in [-0.2, -0.15) is 8.62 Å². The van der Waals surface area contributed by atoms with Crippen molar-refractivity contribution in [2.75, 3.05) is 50.0 Å². The Bertz CT molecular complexity index is 3240. The van der Waals surface area contributed by atoms with Crippen LogP contribution in [-0.4, -0.2) is 118 Å². The zero-order chi connectivity index (χ0) is 59.0. The minimum absolute atomic E-state index is 0.00676. The summed E-state index contributed by atoms with van der Waals surface area (Å²) in [6, 6.07) is 8.74. The molecule has 7 atom stereocenters. The number of H-pyrrole nitrogens is 1. The molecular formula is C49H64N5O19P3S4. The standard InChI is InChI=1S/C49H64N5O19P3S4/c1-10-50-36-20-38-34(17-28(36)3)43(35-18-29(4)37(51-11-2)21-39(35)70-38)32-15-14-30(19-33(32)46(57)58)44(55)52-25-49(8,9)80-77-26-67-16-12-13-31-23-54(47(59)53-45(31)56)42-22-40(68-27-78-79-48(5,6)7)41(71-42)24-69-75(63,64)73-76(65,66)72-74(60,61)62/h14-15,17-21,23,34,40-43,51H,10-11,16,22,24-27H2,1-9H3,(H,52,55)(H,57,58)(H,63,64)(H,65,66)(H,53,56,59)(H2,60,61,62)/t34?,40?,41-,42-,43?/m1/s1. The molecule has 3 aromatic rings. The molecule has 3 heterocycles. The van der Waals surface area contributed by atoms with Gasteiger partial charge >= 0.3 is 35.1 Å². The van der Waals surface area contributed by atoms with E-state index in [-0.39, 0.29) is 58.8 Å². The van der Waals surface area contributed by atoms with Gasteiger partial charge < -0.3 is 54.3 Å². The summed E-state index contributed by atoms with van der Waals surface area (Å²) < 4.78 is 72.2.